The van der Waals surface area contributed by atoms with Crippen LogP contribution < -0.4 is 61.2 Å². The van der Waals surface area contributed by atoms with E-state index in [1.54, 1.807) is 7.11 Å². The van der Waals surface area contributed by atoms with E-state index >= 15 is 0 Å². The van der Waals surface area contributed by atoms with Crippen molar-refractivity contribution >= 4 is 0 Å². The van der Waals surface area contributed by atoms with Gasteiger partial charge < -0.3 is 9.84 Å². The summed E-state index contributed by atoms with van der Waals surface area (Å²) in [6, 6.07) is 6.58. The van der Waals surface area contributed by atoms with Crippen LogP contribution in [0.25, 0.3) is 0 Å². The van der Waals surface area contributed by atoms with Crippen LogP contribution in [0, 0.1) is 17.3 Å². The quantitative estimate of drug-likeness (QED) is 0.702. The summed E-state index contributed by atoms with van der Waals surface area (Å²) in [4.78, 5) is 0. The van der Waals surface area contributed by atoms with Crippen molar-refractivity contribution in [1.82, 2.24) is 0 Å². The summed E-state index contributed by atoms with van der Waals surface area (Å²) in [6.45, 7) is 2.21. The van der Waals surface area contributed by atoms with E-state index in [9.17, 15) is 5.11 Å². The number of hydrogen-bond acceptors (Lipinski definition) is 2. The molecule has 1 fully saturated rings. The number of allylic oxidation sites excluding steroid dienone is 2. The predicted octanol–water partition coefficient (Wildman–Crippen LogP) is 0.409. The van der Waals surface area contributed by atoms with Gasteiger partial charge in [-0.05, 0) is 78.5 Å². The van der Waals surface area contributed by atoms with Crippen LogP contribution in [-0.4, -0.2) is 7.11 Å². The van der Waals surface area contributed by atoms with Gasteiger partial charge in [0.05, 0.1) is 7.11 Å². The van der Waals surface area contributed by atoms with Gasteiger partial charge >= 0.3 is 51.4 Å². The fourth-order valence-electron chi connectivity index (χ4n) is 5.21. The number of fused-ring (bicyclic) bond motifs is 5. The molecule has 0 bridgehead atoms. The van der Waals surface area contributed by atoms with Gasteiger partial charge in [0.2, 0.25) is 0 Å². The first kappa shape index (κ1) is 17.0. The summed E-state index contributed by atoms with van der Waals surface area (Å²) in [5.74, 6) is 3.28. The van der Waals surface area contributed by atoms with Gasteiger partial charge in [-0.25, -0.2) is 0 Å². The zero-order valence-corrected chi connectivity index (χ0v) is 17.0. The van der Waals surface area contributed by atoms with Crippen LogP contribution >= 0.6 is 0 Å². The molecule has 4 atom stereocenters. The number of ether oxygens (including phenoxy) is 1. The number of aryl methyl sites for hydroxylation is 1. The van der Waals surface area contributed by atoms with E-state index in [2.05, 4.69) is 25.1 Å². The molecule has 3 aliphatic carbocycles. The van der Waals surface area contributed by atoms with Crippen molar-refractivity contribution in [3.63, 3.8) is 0 Å². The fraction of sp³-hybridized carbons (Fsp3) is 0.579. The standard InChI is InChI=1S/C19H24O2.K/c1-19-10-9-15-14-6-4-13(21-2)11-12(14)3-5-16(15)17(19)7-8-18(19)20;/h4,6,8,11,15-17,20H,3,5,7,9-10H2,1-2H3;/q;+1/p-1/t15-,16-,17+,19+;/m1./s1. The van der Waals surface area contributed by atoms with Crippen LogP contribution in [0.15, 0.2) is 30.0 Å². The monoisotopic (exact) mass is 322 g/mol. The second-order valence-corrected chi connectivity index (χ2v) is 7.24. The zero-order valence-electron chi connectivity index (χ0n) is 13.9. The van der Waals surface area contributed by atoms with E-state index in [0.717, 1.165) is 31.4 Å². The Kier molecular flexibility index (Phi) is 4.84. The first-order valence-electron chi connectivity index (χ1n) is 8.18. The minimum atomic E-state index is -0.0643. The van der Waals surface area contributed by atoms with Crippen LogP contribution in [0.5, 0.6) is 5.75 Å². The molecule has 0 aliphatic heterocycles. The van der Waals surface area contributed by atoms with E-state index in [4.69, 9.17) is 4.74 Å². The Morgan fingerprint density at radius 1 is 1.27 bits per heavy atom. The van der Waals surface area contributed by atoms with E-state index in [1.165, 1.54) is 17.5 Å². The molecule has 0 heterocycles. The minimum absolute atomic E-state index is 0. The van der Waals surface area contributed by atoms with Gasteiger partial charge in [0, 0.05) is 0 Å². The molecule has 112 valence electrons. The number of rotatable bonds is 1. The van der Waals surface area contributed by atoms with Crippen molar-refractivity contribution in [2.75, 3.05) is 7.11 Å². The molecule has 0 spiro atoms. The average molecular weight is 322 g/mol. The molecule has 1 aromatic carbocycles. The summed E-state index contributed by atoms with van der Waals surface area (Å²) >= 11 is 0. The van der Waals surface area contributed by atoms with Crippen molar-refractivity contribution < 1.29 is 61.2 Å². The molecule has 1 aromatic rings. The van der Waals surface area contributed by atoms with Crippen molar-refractivity contribution in [3.05, 3.63) is 41.2 Å². The first-order valence-corrected chi connectivity index (χ1v) is 8.18. The van der Waals surface area contributed by atoms with Crippen LogP contribution in [0.3, 0.4) is 0 Å². The molecule has 1 saturated carbocycles. The van der Waals surface area contributed by atoms with Gasteiger partial charge in [0.1, 0.15) is 5.75 Å². The Morgan fingerprint density at radius 2 is 2.09 bits per heavy atom. The van der Waals surface area contributed by atoms with Gasteiger partial charge in [-0.3, -0.25) is 0 Å². The normalized spacial score (nSPS) is 35.5. The molecule has 0 amide bonds. The number of methoxy groups -OCH3 is 1. The summed E-state index contributed by atoms with van der Waals surface area (Å²) in [7, 11) is 1.74. The molecule has 0 aromatic heterocycles. The van der Waals surface area contributed by atoms with Crippen LogP contribution in [0.4, 0.5) is 0 Å². The summed E-state index contributed by atoms with van der Waals surface area (Å²) in [6.07, 6.45) is 7.55. The third kappa shape index (κ3) is 2.44. The maximum Gasteiger partial charge on any atom is 1.00 e. The SMILES string of the molecule is COc1ccc2c(c1)CC[C@@H]1[C@@H]2CC[C@]2(C)C([O-])=CC[C@@H]12.[K+]. The summed E-state index contributed by atoms with van der Waals surface area (Å²) in [5.41, 5.74) is 2.92. The predicted molar refractivity (Wildman–Crippen MR) is 81.1 cm³/mol. The topological polar surface area (TPSA) is 32.3 Å². The Balaban J connectivity index is 0.00000144. The van der Waals surface area contributed by atoms with Gasteiger partial charge in [-0.1, -0.05) is 19.1 Å². The first-order chi connectivity index (χ1) is 10.1. The second kappa shape index (κ2) is 6.25. The number of benzene rings is 1. The molecule has 4 rings (SSSR count). The molecule has 22 heavy (non-hydrogen) atoms. The molecule has 3 aliphatic rings. The third-order valence-corrected chi connectivity index (χ3v) is 6.44. The fourth-order valence-corrected chi connectivity index (χ4v) is 5.21. The number of hydrogen-bond donors (Lipinski definition) is 0. The maximum atomic E-state index is 12.3. The van der Waals surface area contributed by atoms with Gasteiger partial charge in [0.15, 0.2) is 0 Å². The van der Waals surface area contributed by atoms with E-state index in [-0.39, 0.29) is 56.8 Å². The molecule has 0 N–H and O–H groups in total. The summed E-state index contributed by atoms with van der Waals surface area (Å²) in [5, 5.41) is 12.3. The summed E-state index contributed by atoms with van der Waals surface area (Å²) < 4.78 is 5.37. The molecular formula is C19H23KO2. The smallest absolute Gasteiger partial charge is 0.875 e. The Morgan fingerprint density at radius 3 is 2.86 bits per heavy atom. The Bertz CT molecular complexity index is 609. The van der Waals surface area contributed by atoms with Gasteiger partial charge in [-0.15, -0.1) is 5.76 Å². The molecular weight excluding hydrogens is 299 g/mol. The van der Waals surface area contributed by atoms with Crippen molar-refractivity contribution in [2.24, 2.45) is 17.3 Å². The average Bonchev–Trinajstić information content (AvgIpc) is 2.82. The van der Waals surface area contributed by atoms with E-state index in [0.29, 0.717) is 23.5 Å². The van der Waals surface area contributed by atoms with Gasteiger partial charge in [0.25, 0.3) is 0 Å². The largest absolute Gasteiger partial charge is 1.00 e. The van der Waals surface area contributed by atoms with Gasteiger partial charge in [-0.2, -0.15) is 0 Å². The third-order valence-electron chi connectivity index (χ3n) is 6.44. The molecule has 3 heteroatoms. The van der Waals surface area contributed by atoms with Crippen LogP contribution in [-0.2, 0) is 6.42 Å². The van der Waals surface area contributed by atoms with E-state index in [1.807, 2.05) is 6.08 Å². The molecule has 0 saturated heterocycles. The van der Waals surface area contributed by atoms with E-state index < -0.39 is 0 Å². The molecule has 0 unspecified atom stereocenters. The molecule has 0 radical (unpaired) electrons. The second-order valence-electron chi connectivity index (χ2n) is 7.24. The molecule has 2 nitrogen and oxygen atoms in total. The minimum Gasteiger partial charge on any atom is -0.875 e. The van der Waals surface area contributed by atoms with Crippen LogP contribution in [0.1, 0.15) is 49.7 Å². The maximum absolute atomic E-state index is 12.3. The Labute approximate surface area is 175 Å². The zero-order chi connectivity index (χ0) is 14.6. The van der Waals surface area contributed by atoms with Crippen molar-refractivity contribution in [3.8, 4) is 5.75 Å². The van der Waals surface area contributed by atoms with Crippen molar-refractivity contribution in [2.45, 2.75) is 44.9 Å². The van der Waals surface area contributed by atoms with Crippen molar-refractivity contribution in [1.29, 1.82) is 0 Å². The Hall–Kier alpha value is 0.196. The van der Waals surface area contributed by atoms with Crippen LogP contribution in [0.2, 0.25) is 0 Å².